The largest absolute Gasteiger partial charge is 0.389 e. The van der Waals surface area contributed by atoms with Crippen LogP contribution in [0.15, 0.2) is 24.3 Å². The van der Waals surface area contributed by atoms with Gasteiger partial charge in [0.1, 0.15) is 0 Å². The topological polar surface area (TPSA) is 41.9 Å². The Balaban J connectivity index is 1.39. The first-order chi connectivity index (χ1) is 10.7. The van der Waals surface area contributed by atoms with Crippen molar-refractivity contribution in [2.24, 2.45) is 0 Å². The fourth-order valence-corrected chi connectivity index (χ4v) is 3.41. The summed E-state index contributed by atoms with van der Waals surface area (Å²) in [4.78, 5) is 2.30. The van der Waals surface area contributed by atoms with E-state index in [2.05, 4.69) is 4.90 Å². The maximum absolute atomic E-state index is 10.2. The number of hydrogen-bond acceptors (Lipinski definition) is 4. The molecule has 3 rings (SSSR count). The van der Waals surface area contributed by atoms with Gasteiger partial charge >= 0.3 is 0 Å². The minimum atomic E-state index is -0.474. The standard InChI is InChI=1S/C17H24ClNO3/c18-16-5-2-1-4-14(16)11-21-12-15(20)10-19-8-9-22-17(13-19)6-3-7-17/h1-2,4-5,15,20H,3,6-13H2. The van der Waals surface area contributed by atoms with E-state index in [1.807, 2.05) is 24.3 Å². The van der Waals surface area contributed by atoms with Crippen LogP contribution in [0.1, 0.15) is 24.8 Å². The molecule has 1 saturated carbocycles. The minimum absolute atomic E-state index is 0.0798. The van der Waals surface area contributed by atoms with Crippen LogP contribution >= 0.6 is 11.6 Å². The first-order valence-electron chi connectivity index (χ1n) is 8.02. The fourth-order valence-electron chi connectivity index (χ4n) is 3.22. The van der Waals surface area contributed by atoms with E-state index >= 15 is 0 Å². The zero-order valence-electron chi connectivity index (χ0n) is 12.8. The van der Waals surface area contributed by atoms with E-state index in [-0.39, 0.29) is 5.60 Å². The van der Waals surface area contributed by atoms with Crippen LogP contribution < -0.4 is 0 Å². The number of rotatable bonds is 6. The molecule has 1 unspecified atom stereocenters. The summed E-state index contributed by atoms with van der Waals surface area (Å²) in [6, 6.07) is 7.63. The van der Waals surface area contributed by atoms with Gasteiger partial charge in [-0.15, -0.1) is 0 Å². The Morgan fingerprint density at radius 1 is 1.36 bits per heavy atom. The van der Waals surface area contributed by atoms with Gasteiger partial charge in [0.2, 0.25) is 0 Å². The summed E-state index contributed by atoms with van der Waals surface area (Å²) in [5, 5.41) is 10.9. The van der Waals surface area contributed by atoms with Crippen LogP contribution in [0.4, 0.5) is 0 Å². The van der Waals surface area contributed by atoms with Gasteiger partial charge in [-0.2, -0.15) is 0 Å². The average molecular weight is 326 g/mol. The molecule has 2 fully saturated rings. The number of ether oxygens (including phenoxy) is 2. The van der Waals surface area contributed by atoms with Gasteiger partial charge in [0.15, 0.2) is 0 Å². The Hall–Kier alpha value is -0.650. The highest BCUT2D eigenvalue weighted by Crippen LogP contribution is 2.38. The second-order valence-electron chi connectivity index (χ2n) is 6.38. The first-order valence-corrected chi connectivity index (χ1v) is 8.40. The summed E-state index contributed by atoms with van der Waals surface area (Å²) < 4.78 is 11.5. The summed E-state index contributed by atoms with van der Waals surface area (Å²) in [6.07, 6.45) is 3.10. The lowest BCUT2D eigenvalue weighted by Crippen LogP contribution is -2.57. The summed E-state index contributed by atoms with van der Waals surface area (Å²) in [5.74, 6) is 0. The van der Waals surface area contributed by atoms with Crippen LogP contribution in [-0.4, -0.2) is 54.6 Å². The maximum atomic E-state index is 10.2. The minimum Gasteiger partial charge on any atom is -0.389 e. The lowest BCUT2D eigenvalue weighted by atomic mass is 9.79. The van der Waals surface area contributed by atoms with E-state index in [4.69, 9.17) is 21.1 Å². The number of aliphatic hydroxyl groups excluding tert-OH is 1. The molecule has 1 aliphatic heterocycles. The van der Waals surface area contributed by atoms with Crippen molar-refractivity contribution in [2.75, 3.05) is 32.8 Å². The highest BCUT2D eigenvalue weighted by molar-refractivity contribution is 6.31. The molecular formula is C17H24ClNO3. The summed E-state index contributed by atoms with van der Waals surface area (Å²) >= 11 is 6.08. The number of halogens is 1. The Bertz CT molecular complexity index is 493. The van der Waals surface area contributed by atoms with E-state index in [0.717, 1.165) is 38.1 Å². The van der Waals surface area contributed by atoms with Crippen molar-refractivity contribution in [3.05, 3.63) is 34.9 Å². The average Bonchev–Trinajstić information content (AvgIpc) is 2.48. The molecular weight excluding hydrogens is 302 g/mol. The molecule has 1 spiro atoms. The predicted molar refractivity (Wildman–Crippen MR) is 86.1 cm³/mol. The molecule has 1 aliphatic carbocycles. The molecule has 22 heavy (non-hydrogen) atoms. The molecule has 122 valence electrons. The molecule has 1 aromatic carbocycles. The molecule has 1 N–H and O–H groups in total. The van der Waals surface area contributed by atoms with Crippen molar-refractivity contribution in [3.8, 4) is 0 Å². The molecule has 1 heterocycles. The van der Waals surface area contributed by atoms with Crippen LogP contribution in [0.3, 0.4) is 0 Å². The SMILES string of the molecule is OC(COCc1ccccc1Cl)CN1CCOC2(CCC2)C1. The van der Waals surface area contributed by atoms with Crippen LogP contribution in [0.5, 0.6) is 0 Å². The van der Waals surface area contributed by atoms with Crippen molar-refractivity contribution < 1.29 is 14.6 Å². The molecule has 1 saturated heterocycles. The van der Waals surface area contributed by atoms with Crippen molar-refractivity contribution in [1.82, 2.24) is 4.90 Å². The lowest BCUT2D eigenvalue weighted by molar-refractivity contribution is -0.156. The quantitative estimate of drug-likeness (QED) is 0.872. The maximum Gasteiger partial charge on any atom is 0.0900 e. The van der Waals surface area contributed by atoms with Gasteiger partial charge in [-0.05, 0) is 30.9 Å². The zero-order valence-corrected chi connectivity index (χ0v) is 13.6. The van der Waals surface area contributed by atoms with E-state index in [1.165, 1.54) is 6.42 Å². The van der Waals surface area contributed by atoms with Gasteiger partial charge in [-0.1, -0.05) is 29.8 Å². The molecule has 0 radical (unpaired) electrons. The van der Waals surface area contributed by atoms with Gasteiger partial charge in [-0.25, -0.2) is 0 Å². The Labute approximate surface area is 137 Å². The third-order valence-electron chi connectivity index (χ3n) is 4.59. The lowest BCUT2D eigenvalue weighted by Gasteiger charge is -2.48. The number of benzene rings is 1. The highest BCUT2D eigenvalue weighted by atomic mass is 35.5. The summed E-state index contributed by atoms with van der Waals surface area (Å²) in [5.41, 5.74) is 1.03. The third-order valence-corrected chi connectivity index (χ3v) is 4.96. The summed E-state index contributed by atoms with van der Waals surface area (Å²) in [6.45, 7) is 4.01. The second kappa shape index (κ2) is 7.28. The van der Waals surface area contributed by atoms with Gasteiger partial charge in [0, 0.05) is 24.7 Å². The van der Waals surface area contributed by atoms with Crippen molar-refractivity contribution in [3.63, 3.8) is 0 Å². The van der Waals surface area contributed by atoms with Crippen LogP contribution in [0.25, 0.3) is 0 Å². The number of morpholine rings is 1. The molecule has 2 aliphatic rings. The first kappa shape index (κ1) is 16.2. The second-order valence-corrected chi connectivity index (χ2v) is 6.79. The van der Waals surface area contributed by atoms with E-state index < -0.39 is 6.10 Å². The smallest absolute Gasteiger partial charge is 0.0900 e. The van der Waals surface area contributed by atoms with Crippen LogP contribution in [0, 0.1) is 0 Å². The Morgan fingerprint density at radius 3 is 2.91 bits per heavy atom. The van der Waals surface area contributed by atoms with Crippen LogP contribution in [0.2, 0.25) is 5.02 Å². The molecule has 0 amide bonds. The normalized spacial score (nSPS) is 22.5. The van der Waals surface area contributed by atoms with Gasteiger partial charge < -0.3 is 14.6 Å². The van der Waals surface area contributed by atoms with Gasteiger partial charge in [0.05, 0.1) is 31.5 Å². The number of β-amino-alcohol motifs (C(OH)–C–C–N with tert-alkyl or cyclic N) is 1. The Kier molecular flexibility index (Phi) is 5.37. The Morgan fingerprint density at radius 2 is 2.18 bits per heavy atom. The van der Waals surface area contributed by atoms with Gasteiger partial charge in [-0.3, -0.25) is 4.90 Å². The van der Waals surface area contributed by atoms with E-state index in [0.29, 0.717) is 24.8 Å². The van der Waals surface area contributed by atoms with E-state index in [9.17, 15) is 5.11 Å². The highest BCUT2D eigenvalue weighted by Gasteiger charge is 2.42. The molecule has 1 atom stereocenters. The van der Waals surface area contributed by atoms with Gasteiger partial charge in [0.25, 0.3) is 0 Å². The van der Waals surface area contributed by atoms with Crippen molar-refractivity contribution in [2.45, 2.75) is 37.6 Å². The molecule has 1 aromatic rings. The fraction of sp³-hybridized carbons (Fsp3) is 0.647. The monoisotopic (exact) mass is 325 g/mol. The van der Waals surface area contributed by atoms with E-state index in [1.54, 1.807) is 0 Å². The van der Waals surface area contributed by atoms with Crippen molar-refractivity contribution in [1.29, 1.82) is 0 Å². The summed E-state index contributed by atoms with van der Waals surface area (Å²) in [7, 11) is 0. The number of aliphatic hydroxyl groups is 1. The predicted octanol–water partition coefficient (Wildman–Crippen LogP) is 2.47. The zero-order chi connectivity index (χ0) is 15.4. The molecule has 0 aromatic heterocycles. The third kappa shape index (κ3) is 4.00. The molecule has 4 nitrogen and oxygen atoms in total. The molecule has 0 bridgehead atoms. The van der Waals surface area contributed by atoms with Crippen LogP contribution in [-0.2, 0) is 16.1 Å². The number of nitrogens with zero attached hydrogens (tertiary/aromatic N) is 1. The van der Waals surface area contributed by atoms with Crippen molar-refractivity contribution >= 4 is 11.6 Å². The molecule has 5 heteroatoms. The number of hydrogen-bond donors (Lipinski definition) is 1.